The van der Waals surface area contributed by atoms with Crippen molar-refractivity contribution >= 4 is 23.3 Å². The molecule has 1 aliphatic rings. The number of aryl methyl sites for hydroxylation is 1. The van der Waals surface area contributed by atoms with Gasteiger partial charge in [-0.15, -0.1) is 0 Å². The zero-order valence-electron chi connectivity index (χ0n) is 15.0. The molecule has 1 atom stereocenters. The molecule has 0 fully saturated rings. The summed E-state index contributed by atoms with van der Waals surface area (Å²) in [4.78, 5) is 30.5. The quantitative estimate of drug-likeness (QED) is 0.850. The molecule has 0 radical (unpaired) electrons. The van der Waals surface area contributed by atoms with E-state index >= 15 is 0 Å². The van der Waals surface area contributed by atoms with Crippen molar-refractivity contribution in [1.82, 2.24) is 4.98 Å². The summed E-state index contributed by atoms with van der Waals surface area (Å²) in [6.07, 6.45) is 2.45. The second-order valence-electron chi connectivity index (χ2n) is 6.16. The van der Waals surface area contributed by atoms with Gasteiger partial charge in [0.25, 0.3) is 5.91 Å². The summed E-state index contributed by atoms with van der Waals surface area (Å²) in [5.41, 5.74) is 1.55. The summed E-state index contributed by atoms with van der Waals surface area (Å²) in [7, 11) is 0. The van der Waals surface area contributed by atoms with Crippen LogP contribution in [-0.2, 0) is 16.0 Å². The predicted octanol–water partition coefficient (Wildman–Crippen LogP) is 2.68. The maximum absolute atomic E-state index is 13.0. The monoisotopic (exact) mass is 364 g/mol. The van der Waals surface area contributed by atoms with E-state index in [2.05, 4.69) is 16.4 Å². The number of nitrogens with one attached hydrogen (secondary N) is 1. The van der Waals surface area contributed by atoms with E-state index in [4.69, 9.17) is 10.00 Å². The molecule has 27 heavy (non-hydrogen) atoms. The van der Waals surface area contributed by atoms with E-state index < -0.39 is 6.10 Å². The minimum absolute atomic E-state index is 0.0875. The van der Waals surface area contributed by atoms with Gasteiger partial charge in [-0.05, 0) is 42.7 Å². The van der Waals surface area contributed by atoms with Gasteiger partial charge in [-0.25, -0.2) is 4.98 Å². The van der Waals surface area contributed by atoms with E-state index in [1.54, 1.807) is 30.5 Å². The minimum atomic E-state index is -0.726. The lowest BCUT2D eigenvalue weighted by Crippen LogP contribution is -2.48. The van der Waals surface area contributed by atoms with Gasteiger partial charge in [0.15, 0.2) is 11.9 Å². The van der Waals surface area contributed by atoms with Crippen LogP contribution in [0.2, 0.25) is 0 Å². The maximum atomic E-state index is 13.0. The van der Waals surface area contributed by atoms with Crippen molar-refractivity contribution in [3.8, 4) is 11.8 Å². The van der Waals surface area contributed by atoms with E-state index in [9.17, 15) is 9.59 Å². The molecule has 2 heterocycles. The number of nitrogens with zero attached hydrogens (tertiary/aromatic N) is 3. The molecular weight excluding hydrogens is 344 g/mol. The number of rotatable bonds is 6. The fraction of sp³-hybridized carbons (Fsp3) is 0.300. The number of pyridine rings is 1. The van der Waals surface area contributed by atoms with Crippen molar-refractivity contribution in [3.63, 3.8) is 0 Å². The number of benzene rings is 1. The van der Waals surface area contributed by atoms with Crippen molar-refractivity contribution in [2.24, 2.45) is 0 Å². The minimum Gasteiger partial charge on any atom is -0.481 e. The molecule has 0 saturated heterocycles. The molecule has 1 N–H and O–H groups in total. The molecule has 1 aromatic carbocycles. The van der Waals surface area contributed by atoms with Crippen molar-refractivity contribution < 1.29 is 14.3 Å². The van der Waals surface area contributed by atoms with Gasteiger partial charge in [-0.2, -0.15) is 5.26 Å². The Hall–Kier alpha value is -3.40. The summed E-state index contributed by atoms with van der Waals surface area (Å²) in [6.45, 7) is 1.77. The highest BCUT2D eigenvalue weighted by Gasteiger charge is 2.32. The summed E-state index contributed by atoms with van der Waals surface area (Å²) < 4.78 is 5.87. The van der Waals surface area contributed by atoms with Crippen LogP contribution in [0.4, 0.5) is 11.5 Å². The molecule has 138 valence electrons. The number of carbonyl (C=O) groups is 2. The molecule has 7 heteroatoms. The van der Waals surface area contributed by atoms with Gasteiger partial charge in [0.1, 0.15) is 12.3 Å². The smallest absolute Gasteiger partial charge is 0.269 e. The fourth-order valence-electron chi connectivity index (χ4n) is 2.88. The van der Waals surface area contributed by atoms with Crippen molar-refractivity contribution in [1.29, 1.82) is 5.26 Å². The van der Waals surface area contributed by atoms with Crippen molar-refractivity contribution in [2.45, 2.75) is 32.3 Å². The topological polar surface area (TPSA) is 95.3 Å². The Labute approximate surface area is 157 Å². The highest BCUT2D eigenvalue weighted by molar-refractivity contribution is 6.10. The second-order valence-corrected chi connectivity index (χ2v) is 6.16. The zero-order chi connectivity index (χ0) is 19.2. The summed E-state index contributed by atoms with van der Waals surface area (Å²) in [5.74, 6) is 0.427. The second kappa shape index (κ2) is 8.32. The Morgan fingerprint density at radius 3 is 2.85 bits per heavy atom. The highest BCUT2D eigenvalue weighted by atomic mass is 16.5. The number of hydrogen-bond donors (Lipinski definition) is 1. The first-order valence-corrected chi connectivity index (χ1v) is 8.81. The van der Waals surface area contributed by atoms with Gasteiger partial charge in [-0.3, -0.25) is 14.5 Å². The third kappa shape index (κ3) is 4.23. The zero-order valence-corrected chi connectivity index (χ0v) is 15.0. The third-order valence-corrected chi connectivity index (χ3v) is 4.26. The maximum Gasteiger partial charge on any atom is 0.269 e. The molecule has 0 bridgehead atoms. The number of hydrogen-bond acceptors (Lipinski definition) is 5. The average Bonchev–Trinajstić information content (AvgIpc) is 2.70. The van der Waals surface area contributed by atoms with Crippen LogP contribution in [0.15, 0.2) is 42.6 Å². The van der Waals surface area contributed by atoms with Crippen LogP contribution in [0.1, 0.15) is 25.3 Å². The number of ether oxygens (including phenoxy) is 1. The lowest BCUT2D eigenvalue weighted by Gasteiger charge is -2.30. The first-order valence-electron chi connectivity index (χ1n) is 8.81. The molecule has 0 saturated carbocycles. The predicted molar refractivity (Wildman–Crippen MR) is 100 cm³/mol. The van der Waals surface area contributed by atoms with E-state index in [0.717, 1.165) is 5.56 Å². The summed E-state index contributed by atoms with van der Waals surface area (Å²) >= 11 is 0. The van der Waals surface area contributed by atoms with E-state index in [-0.39, 0.29) is 18.4 Å². The number of amides is 2. The lowest BCUT2D eigenvalue weighted by molar-refractivity contribution is -0.127. The van der Waals surface area contributed by atoms with E-state index in [1.807, 2.05) is 19.1 Å². The largest absolute Gasteiger partial charge is 0.481 e. The first kappa shape index (κ1) is 18.4. The van der Waals surface area contributed by atoms with Crippen LogP contribution in [0.25, 0.3) is 0 Å². The summed E-state index contributed by atoms with van der Waals surface area (Å²) in [6, 6.07) is 12.9. The molecule has 3 rings (SSSR count). The molecule has 1 unspecified atom stereocenters. The van der Waals surface area contributed by atoms with Crippen molar-refractivity contribution in [2.75, 3.05) is 16.8 Å². The van der Waals surface area contributed by atoms with Gasteiger partial charge < -0.3 is 10.1 Å². The van der Waals surface area contributed by atoms with Crippen LogP contribution in [0.5, 0.6) is 5.75 Å². The van der Waals surface area contributed by atoms with Crippen LogP contribution >= 0.6 is 0 Å². The van der Waals surface area contributed by atoms with Gasteiger partial charge >= 0.3 is 0 Å². The SMILES string of the molecule is CCC(Oc1ccc(CCC#N)cc1)C(=O)N1CC(=O)Nc2cccnc21. The third-order valence-electron chi connectivity index (χ3n) is 4.26. The molecule has 0 aliphatic carbocycles. The molecule has 1 aromatic heterocycles. The number of nitriles is 1. The van der Waals surface area contributed by atoms with Crippen LogP contribution in [0, 0.1) is 11.3 Å². The molecule has 0 spiro atoms. The van der Waals surface area contributed by atoms with E-state index in [1.165, 1.54) is 4.90 Å². The van der Waals surface area contributed by atoms with Crippen molar-refractivity contribution in [3.05, 3.63) is 48.2 Å². The van der Waals surface area contributed by atoms with Crippen LogP contribution < -0.4 is 15.0 Å². The van der Waals surface area contributed by atoms with Gasteiger partial charge in [-0.1, -0.05) is 19.1 Å². The van der Waals surface area contributed by atoms with Crippen LogP contribution in [-0.4, -0.2) is 29.4 Å². The fourth-order valence-corrected chi connectivity index (χ4v) is 2.88. The number of aromatic nitrogens is 1. The van der Waals surface area contributed by atoms with E-state index in [0.29, 0.717) is 36.5 Å². The van der Waals surface area contributed by atoms with Gasteiger partial charge in [0, 0.05) is 12.6 Å². The van der Waals surface area contributed by atoms with Gasteiger partial charge in [0.2, 0.25) is 5.91 Å². The number of carbonyl (C=O) groups excluding carboxylic acids is 2. The molecule has 2 amide bonds. The Kier molecular flexibility index (Phi) is 5.67. The summed E-state index contributed by atoms with van der Waals surface area (Å²) in [5, 5.41) is 11.4. The first-order chi connectivity index (χ1) is 13.1. The number of fused-ring (bicyclic) bond motifs is 1. The highest BCUT2D eigenvalue weighted by Crippen LogP contribution is 2.27. The van der Waals surface area contributed by atoms with Gasteiger partial charge in [0.05, 0.1) is 11.8 Å². The Morgan fingerprint density at radius 1 is 1.37 bits per heavy atom. The van der Waals surface area contributed by atoms with Crippen LogP contribution in [0.3, 0.4) is 0 Å². The average molecular weight is 364 g/mol. The molecule has 7 nitrogen and oxygen atoms in total. The lowest BCUT2D eigenvalue weighted by atomic mass is 10.1. The Bertz CT molecular complexity index is 874. The molecule has 2 aromatic rings. The number of anilines is 2. The Morgan fingerprint density at radius 2 is 2.15 bits per heavy atom. The Balaban J connectivity index is 1.75. The molecule has 1 aliphatic heterocycles. The molecular formula is C20H20N4O3. The normalized spacial score (nSPS) is 13.9. The standard InChI is InChI=1S/C20H20N4O3/c1-2-17(27-15-9-7-14(8-10-15)5-3-11-21)20(26)24-13-18(25)23-16-6-4-12-22-19(16)24/h4,6-10,12,17H,2-3,5,13H2,1H3,(H,23,25).